The second-order valence-corrected chi connectivity index (χ2v) is 7.08. The van der Waals surface area contributed by atoms with Gasteiger partial charge < -0.3 is 9.88 Å². The lowest BCUT2D eigenvalue weighted by molar-refractivity contribution is 0.437. The van der Waals surface area contributed by atoms with Crippen molar-refractivity contribution in [1.82, 2.24) is 14.6 Å². The third-order valence-corrected chi connectivity index (χ3v) is 4.98. The fourth-order valence-electron chi connectivity index (χ4n) is 2.25. The summed E-state index contributed by atoms with van der Waals surface area (Å²) in [5.41, 5.74) is 0.980. The zero-order valence-electron chi connectivity index (χ0n) is 13.1. The molecular weight excluding hydrogens is 274 g/mol. The Bertz CT molecular complexity index is 521. The number of hydrogen-bond acceptors (Lipinski definition) is 3. The number of hydrogen-bond donors (Lipinski definition) is 2. The third-order valence-electron chi connectivity index (χ3n) is 3.52. The Balaban J connectivity index is 3.03. The standard InChI is InChI=1S/C14H27N3O2S/c1-6-14(11(3)4)16-20(18,19)13-8-12(9-15-5)17(7-2)10-13/h8,10-11,14-16H,6-7,9H2,1-5H3. The molecule has 1 aromatic heterocycles. The van der Waals surface area contributed by atoms with Gasteiger partial charge in [0.25, 0.3) is 0 Å². The van der Waals surface area contributed by atoms with Crippen molar-refractivity contribution in [2.45, 2.75) is 58.1 Å². The summed E-state index contributed by atoms with van der Waals surface area (Å²) < 4.78 is 29.7. The predicted octanol–water partition coefficient (Wildman–Crippen LogP) is 1.94. The lowest BCUT2D eigenvalue weighted by atomic mass is 10.0. The molecule has 0 saturated carbocycles. The average molecular weight is 301 g/mol. The Morgan fingerprint density at radius 2 is 1.95 bits per heavy atom. The van der Waals surface area contributed by atoms with Gasteiger partial charge in [-0.25, -0.2) is 13.1 Å². The molecule has 0 bridgehead atoms. The van der Waals surface area contributed by atoms with Crippen molar-refractivity contribution in [2.75, 3.05) is 7.05 Å². The number of sulfonamides is 1. The first-order valence-corrected chi connectivity index (χ1v) is 8.70. The van der Waals surface area contributed by atoms with Crippen LogP contribution in [0.3, 0.4) is 0 Å². The number of aromatic nitrogens is 1. The van der Waals surface area contributed by atoms with E-state index in [2.05, 4.69) is 10.0 Å². The highest BCUT2D eigenvalue weighted by Crippen LogP contribution is 2.17. The Morgan fingerprint density at radius 3 is 2.40 bits per heavy atom. The van der Waals surface area contributed by atoms with Crippen LogP contribution in [-0.2, 0) is 23.1 Å². The minimum Gasteiger partial charge on any atom is -0.349 e. The fraction of sp³-hybridized carbons (Fsp3) is 0.714. The van der Waals surface area contributed by atoms with E-state index in [1.807, 2.05) is 39.3 Å². The Morgan fingerprint density at radius 1 is 1.30 bits per heavy atom. The Hall–Kier alpha value is -0.850. The summed E-state index contributed by atoms with van der Waals surface area (Å²) in [6.07, 6.45) is 2.50. The van der Waals surface area contributed by atoms with Gasteiger partial charge in [0.05, 0.1) is 4.90 Å². The van der Waals surface area contributed by atoms with Gasteiger partial charge in [0.1, 0.15) is 0 Å². The maximum absolute atomic E-state index is 12.4. The first kappa shape index (κ1) is 17.2. The molecule has 0 aliphatic carbocycles. The lowest BCUT2D eigenvalue weighted by Crippen LogP contribution is -2.37. The van der Waals surface area contributed by atoms with Gasteiger partial charge in [-0.05, 0) is 32.4 Å². The van der Waals surface area contributed by atoms with E-state index in [1.165, 1.54) is 0 Å². The summed E-state index contributed by atoms with van der Waals surface area (Å²) in [6.45, 7) is 9.47. The van der Waals surface area contributed by atoms with Crippen LogP contribution >= 0.6 is 0 Å². The number of nitrogens with one attached hydrogen (secondary N) is 2. The second kappa shape index (κ2) is 7.24. The maximum Gasteiger partial charge on any atom is 0.242 e. The van der Waals surface area contributed by atoms with Crippen molar-refractivity contribution >= 4 is 10.0 Å². The van der Waals surface area contributed by atoms with Crippen LogP contribution in [0.2, 0.25) is 0 Å². The van der Waals surface area contributed by atoms with Gasteiger partial charge in [-0.3, -0.25) is 0 Å². The van der Waals surface area contributed by atoms with Gasteiger partial charge in [-0.15, -0.1) is 0 Å². The molecule has 5 nitrogen and oxygen atoms in total. The van der Waals surface area contributed by atoms with Crippen LogP contribution in [0.5, 0.6) is 0 Å². The molecule has 1 rings (SSSR count). The van der Waals surface area contributed by atoms with Gasteiger partial charge >= 0.3 is 0 Å². The van der Waals surface area contributed by atoms with Crippen LogP contribution in [0.1, 0.15) is 39.8 Å². The molecule has 0 spiro atoms. The van der Waals surface area contributed by atoms with Gasteiger partial charge in [0.15, 0.2) is 0 Å². The molecule has 1 heterocycles. The summed E-state index contributed by atoms with van der Waals surface area (Å²) in [4.78, 5) is 0.351. The van der Waals surface area contributed by atoms with Gasteiger partial charge in [-0.2, -0.15) is 0 Å². The molecule has 1 atom stereocenters. The summed E-state index contributed by atoms with van der Waals surface area (Å²) in [7, 11) is -1.59. The molecule has 0 aliphatic rings. The molecule has 0 amide bonds. The monoisotopic (exact) mass is 301 g/mol. The normalized spacial score (nSPS) is 13.9. The van der Waals surface area contributed by atoms with Crippen LogP contribution in [0.4, 0.5) is 0 Å². The Kier molecular flexibility index (Phi) is 6.23. The molecule has 0 radical (unpaired) electrons. The summed E-state index contributed by atoms with van der Waals surface area (Å²) in [5.74, 6) is 0.278. The average Bonchev–Trinajstić information content (AvgIpc) is 2.80. The number of rotatable bonds is 8. The zero-order chi connectivity index (χ0) is 15.3. The van der Waals surface area contributed by atoms with Crippen molar-refractivity contribution in [3.63, 3.8) is 0 Å². The van der Waals surface area contributed by atoms with Crippen LogP contribution in [0.15, 0.2) is 17.2 Å². The van der Waals surface area contributed by atoms with E-state index in [0.29, 0.717) is 11.4 Å². The first-order chi connectivity index (χ1) is 9.35. The molecule has 0 fully saturated rings. The largest absolute Gasteiger partial charge is 0.349 e. The van der Waals surface area contributed by atoms with E-state index < -0.39 is 10.0 Å². The van der Waals surface area contributed by atoms with Crippen LogP contribution in [-0.4, -0.2) is 26.1 Å². The van der Waals surface area contributed by atoms with Gasteiger partial charge in [0, 0.05) is 31.0 Å². The molecule has 1 unspecified atom stereocenters. The first-order valence-electron chi connectivity index (χ1n) is 7.21. The molecule has 20 heavy (non-hydrogen) atoms. The van der Waals surface area contributed by atoms with Crippen molar-refractivity contribution in [2.24, 2.45) is 5.92 Å². The van der Waals surface area contributed by atoms with E-state index in [-0.39, 0.29) is 12.0 Å². The van der Waals surface area contributed by atoms with Gasteiger partial charge in [0.2, 0.25) is 10.0 Å². The highest BCUT2D eigenvalue weighted by atomic mass is 32.2. The topological polar surface area (TPSA) is 63.1 Å². The second-order valence-electron chi connectivity index (χ2n) is 5.36. The highest BCUT2D eigenvalue weighted by molar-refractivity contribution is 7.89. The summed E-state index contributed by atoms with van der Waals surface area (Å²) in [5, 5.41) is 3.06. The van der Waals surface area contributed by atoms with Crippen LogP contribution in [0, 0.1) is 5.92 Å². The van der Waals surface area contributed by atoms with E-state index >= 15 is 0 Å². The number of aryl methyl sites for hydroxylation is 1. The Labute approximate surface area is 122 Å². The maximum atomic E-state index is 12.4. The minimum atomic E-state index is -3.45. The SMILES string of the molecule is CCC(NS(=O)(=O)c1cc(CNC)n(CC)c1)C(C)C. The van der Waals surface area contributed by atoms with Crippen molar-refractivity contribution < 1.29 is 8.42 Å². The summed E-state index contributed by atoms with van der Waals surface area (Å²) >= 11 is 0. The van der Waals surface area contributed by atoms with E-state index in [4.69, 9.17) is 0 Å². The van der Waals surface area contributed by atoms with Crippen LogP contribution < -0.4 is 10.0 Å². The predicted molar refractivity (Wildman–Crippen MR) is 82.1 cm³/mol. The van der Waals surface area contributed by atoms with Crippen LogP contribution in [0.25, 0.3) is 0 Å². The van der Waals surface area contributed by atoms with E-state index in [0.717, 1.165) is 18.7 Å². The minimum absolute atomic E-state index is 0.0299. The molecule has 1 aromatic rings. The lowest BCUT2D eigenvalue weighted by Gasteiger charge is -2.20. The molecule has 6 heteroatoms. The fourth-order valence-corrected chi connectivity index (χ4v) is 3.78. The quantitative estimate of drug-likeness (QED) is 0.771. The summed E-state index contributed by atoms with van der Waals surface area (Å²) in [6, 6.07) is 1.72. The van der Waals surface area contributed by atoms with Crippen molar-refractivity contribution in [1.29, 1.82) is 0 Å². The molecule has 0 aliphatic heterocycles. The molecular formula is C14H27N3O2S. The zero-order valence-corrected chi connectivity index (χ0v) is 13.9. The van der Waals surface area contributed by atoms with E-state index in [1.54, 1.807) is 12.3 Å². The third kappa shape index (κ3) is 4.07. The van der Waals surface area contributed by atoms with Gasteiger partial charge in [-0.1, -0.05) is 20.8 Å². The molecule has 2 N–H and O–H groups in total. The highest BCUT2D eigenvalue weighted by Gasteiger charge is 2.23. The molecule has 0 aromatic carbocycles. The molecule has 0 saturated heterocycles. The molecule has 116 valence electrons. The van der Waals surface area contributed by atoms with E-state index in [9.17, 15) is 8.42 Å². The number of nitrogens with zero attached hydrogens (tertiary/aromatic N) is 1. The van der Waals surface area contributed by atoms with Crippen molar-refractivity contribution in [3.05, 3.63) is 18.0 Å². The van der Waals surface area contributed by atoms with Crippen molar-refractivity contribution in [3.8, 4) is 0 Å². The smallest absolute Gasteiger partial charge is 0.242 e.